The molecule has 0 radical (unpaired) electrons. The van der Waals surface area contributed by atoms with Crippen LogP contribution in [0, 0.1) is 0 Å². The van der Waals surface area contributed by atoms with Crippen LogP contribution in [0.1, 0.15) is 0 Å². The van der Waals surface area contributed by atoms with Crippen molar-refractivity contribution in [3.8, 4) is 0 Å². The van der Waals surface area contributed by atoms with E-state index < -0.39 is 9.58 Å². The van der Waals surface area contributed by atoms with Crippen LogP contribution in [-0.2, 0) is 15.7 Å². The third-order valence-electron chi connectivity index (χ3n) is 3.34. The molecule has 1 unspecified atom stereocenters. The molecule has 0 spiro atoms. The van der Waals surface area contributed by atoms with E-state index in [4.69, 9.17) is 34.8 Å². The Labute approximate surface area is 140 Å². The van der Waals surface area contributed by atoms with Gasteiger partial charge in [-0.1, -0.05) is 59.1 Å². The number of benzene rings is 2. The number of hydrogen-bond donors (Lipinski definition) is 1. The molecule has 0 fully saturated rings. The summed E-state index contributed by atoms with van der Waals surface area (Å²) in [4.78, 5) is 13.0. The van der Waals surface area contributed by atoms with Crippen LogP contribution in [0.15, 0.2) is 52.4 Å². The average molecular weight is 360 g/mol. The fourth-order valence-electron chi connectivity index (χ4n) is 2.28. The first-order valence-corrected chi connectivity index (χ1v) is 8.92. The van der Waals surface area contributed by atoms with E-state index in [9.17, 15) is 4.79 Å². The first kappa shape index (κ1) is 15.0. The third kappa shape index (κ3) is 2.76. The number of carbonyl (C=O) groups is 1. The minimum absolute atomic E-state index is 0.244. The Morgan fingerprint density at radius 2 is 1.90 bits per heavy atom. The number of halogens is 3. The summed E-state index contributed by atoms with van der Waals surface area (Å²) >= 11 is 16.9. The summed E-state index contributed by atoms with van der Waals surface area (Å²) in [5, 5.41) is 6.35. The maximum Gasteiger partial charge on any atom is 0.253 e. The monoisotopic (exact) mass is 358 g/mol. The largest absolute Gasteiger partial charge is 0.311 e. The van der Waals surface area contributed by atoms with Gasteiger partial charge in [0.15, 0.2) is 4.90 Å². The van der Waals surface area contributed by atoms with Crippen LogP contribution in [0.5, 0.6) is 0 Å². The molecule has 2 aromatic rings. The molecule has 1 atom stereocenters. The lowest BCUT2D eigenvalue weighted by molar-refractivity contribution is -0.113. The van der Waals surface area contributed by atoms with Gasteiger partial charge in [-0.2, -0.15) is 0 Å². The molecule has 0 bridgehead atoms. The second kappa shape index (κ2) is 5.40. The summed E-state index contributed by atoms with van der Waals surface area (Å²) in [6, 6.07) is 12.3. The van der Waals surface area contributed by atoms with E-state index in [1.165, 1.54) is 6.08 Å². The topological polar surface area (TPSA) is 29.1 Å². The van der Waals surface area contributed by atoms with Crippen LogP contribution in [0.25, 0.3) is 10.8 Å². The fraction of sp³-hybridized carbons (Fsp3) is 0.133. The molecular weight excluding hydrogens is 349 g/mol. The molecule has 21 heavy (non-hydrogen) atoms. The molecule has 2 nitrogen and oxygen atoms in total. The zero-order valence-electron chi connectivity index (χ0n) is 11.0. The quantitative estimate of drug-likeness (QED) is 0.456. The van der Waals surface area contributed by atoms with Crippen molar-refractivity contribution in [1.29, 1.82) is 0 Å². The van der Waals surface area contributed by atoms with E-state index in [0.29, 0.717) is 0 Å². The van der Waals surface area contributed by atoms with Gasteiger partial charge in [0.05, 0.1) is 17.0 Å². The van der Waals surface area contributed by atoms with Gasteiger partial charge in [-0.05, 0) is 17.5 Å². The molecular formula is C15H11Cl3NOS+. The highest BCUT2D eigenvalue weighted by Gasteiger charge is 2.38. The number of alkyl halides is 3. The zero-order valence-corrected chi connectivity index (χ0v) is 14.1. The summed E-state index contributed by atoms with van der Waals surface area (Å²) in [6.07, 6.45) is 3.44. The molecule has 1 heterocycles. The molecule has 108 valence electrons. The van der Waals surface area contributed by atoms with Crippen LogP contribution < -0.4 is 5.32 Å². The number of fused-ring (bicyclic) bond motifs is 3. The molecule has 1 aliphatic heterocycles. The second-order valence-electron chi connectivity index (χ2n) is 4.67. The standard InChI is InChI=1S/C15H10Cl3NOS/c1-21-11-7-6-9-4-2-3-5-10(9)14(11)19-13(21)8-12(20)15(16,17)18/h2-8H,1H3/p+1. The van der Waals surface area contributed by atoms with Crippen LogP contribution in [0.2, 0.25) is 0 Å². The molecule has 1 aliphatic rings. The molecule has 0 aliphatic carbocycles. The first-order valence-electron chi connectivity index (χ1n) is 6.15. The fourth-order valence-corrected chi connectivity index (χ4v) is 3.96. The van der Waals surface area contributed by atoms with Crippen molar-refractivity contribution < 1.29 is 4.79 Å². The number of nitrogens with one attached hydrogen (secondary N) is 1. The smallest absolute Gasteiger partial charge is 0.253 e. The molecule has 0 saturated carbocycles. The predicted octanol–water partition coefficient (Wildman–Crippen LogP) is 4.65. The first-order chi connectivity index (χ1) is 9.88. The van der Waals surface area contributed by atoms with Gasteiger partial charge in [0.25, 0.3) is 3.79 Å². The van der Waals surface area contributed by atoms with Crippen molar-refractivity contribution in [3.05, 3.63) is 47.5 Å². The highest BCUT2D eigenvalue weighted by molar-refractivity contribution is 8.00. The second-order valence-corrected chi connectivity index (χ2v) is 8.85. The van der Waals surface area contributed by atoms with E-state index in [-0.39, 0.29) is 10.9 Å². The normalized spacial score (nSPS) is 19.6. The van der Waals surface area contributed by atoms with Crippen molar-refractivity contribution in [3.63, 3.8) is 0 Å². The van der Waals surface area contributed by atoms with Crippen molar-refractivity contribution in [2.75, 3.05) is 11.6 Å². The number of anilines is 1. The molecule has 3 rings (SSSR count). The number of hydrogen-bond acceptors (Lipinski definition) is 2. The number of allylic oxidation sites excluding steroid dienone is 1. The van der Waals surface area contributed by atoms with Crippen LogP contribution in [0.3, 0.4) is 0 Å². The molecule has 2 aromatic carbocycles. The van der Waals surface area contributed by atoms with Gasteiger partial charge in [-0.15, -0.1) is 0 Å². The Morgan fingerprint density at radius 3 is 2.62 bits per heavy atom. The van der Waals surface area contributed by atoms with E-state index in [1.807, 2.05) is 18.4 Å². The molecule has 0 amide bonds. The average Bonchev–Trinajstić information content (AvgIpc) is 2.75. The Kier molecular flexibility index (Phi) is 3.87. The van der Waals surface area contributed by atoms with E-state index in [0.717, 1.165) is 26.4 Å². The number of rotatable bonds is 1. The van der Waals surface area contributed by atoms with Gasteiger partial charge in [0.1, 0.15) is 11.9 Å². The summed E-state index contributed by atoms with van der Waals surface area (Å²) in [5.41, 5.74) is 1.03. The van der Waals surface area contributed by atoms with Crippen molar-refractivity contribution in [1.82, 2.24) is 0 Å². The van der Waals surface area contributed by atoms with Gasteiger partial charge in [0.2, 0.25) is 10.8 Å². The highest BCUT2D eigenvalue weighted by Crippen LogP contribution is 2.41. The summed E-state index contributed by atoms with van der Waals surface area (Å²) in [7, 11) is -0.244. The lowest BCUT2D eigenvalue weighted by Crippen LogP contribution is -2.18. The number of carbonyl (C=O) groups excluding carboxylic acids is 1. The van der Waals surface area contributed by atoms with Crippen LogP contribution >= 0.6 is 34.8 Å². The lowest BCUT2D eigenvalue weighted by atomic mass is 10.1. The molecule has 6 heteroatoms. The molecule has 1 N–H and O–H groups in total. The highest BCUT2D eigenvalue weighted by atomic mass is 35.6. The maximum absolute atomic E-state index is 11.9. The Morgan fingerprint density at radius 1 is 1.19 bits per heavy atom. The van der Waals surface area contributed by atoms with Crippen molar-refractivity contribution in [2.24, 2.45) is 0 Å². The van der Waals surface area contributed by atoms with Crippen LogP contribution in [-0.4, -0.2) is 15.8 Å². The van der Waals surface area contributed by atoms with Gasteiger partial charge in [-0.3, -0.25) is 4.79 Å². The van der Waals surface area contributed by atoms with E-state index >= 15 is 0 Å². The van der Waals surface area contributed by atoms with Gasteiger partial charge >= 0.3 is 0 Å². The van der Waals surface area contributed by atoms with Crippen LogP contribution in [0.4, 0.5) is 5.69 Å². The molecule has 0 saturated heterocycles. The van der Waals surface area contributed by atoms with Crippen molar-refractivity contribution in [2.45, 2.75) is 8.69 Å². The van der Waals surface area contributed by atoms with Gasteiger partial charge < -0.3 is 5.32 Å². The predicted molar refractivity (Wildman–Crippen MR) is 92.5 cm³/mol. The Balaban J connectivity index is 2.06. The van der Waals surface area contributed by atoms with Crippen molar-refractivity contribution >= 4 is 67.9 Å². The SMILES string of the molecule is C[S+]1C(=CC(=O)C(Cl)(Cl)Cl)Nc2c1ccc1ccccc21. The van der Waals surface area contributed by atoms with Gasteiger partial charge in [0, 0.05) is 5.39 Å². The third-order valence-corrected chi connectivity index (χ3v) is 5.78. The summed E-state index contributed by atoms with van der Waals surface area (Å²) < 4.78 is -1.92. The Hall–Kier alpha value is -0.870. The van der Waals surface area contributed by atoms with Gasteiger partial charge in [-0.25, -0.2) is 0 Å². The minimum atomic E-state index is -1.92. The maximum atomic E-state index is 11.9. The number of ketones is 1. The van der Waals surface area contributed by atoms with E-state index in [2.05, 4.69) is 29.6 Å². The lowest BCUT2D eigenvalue weighted by Gasteiger charge is -2.05. The Bertz CT molecular complexity index is 767. The summed E-state index contributed by atoms with van der Waals surface area (Å²) in [5.74, 6) is -0.536. The van der Waals surface area contributed by atoms with E-state index in [1.54, 1.807) is 0 Å². The molecule has 0 aromatic heterocycles. The summed E-state index contributed by atoms with van der Waals surface area (Å²) in [6.45, 7) is 0. The zero-order chi connectivity index (χ0) is 15.2. The minimum Gasteiger partial charge on any atom is -0.311 e.